The van der Waals surface area contributed by atoms with E-state index in [1.165, 1.54) is 0 Å². The van der Waals surface area contributed by atoms with E-state index < -0.39 is 0 Å². The van der Waals surface area contributed by atoms with Crippen molar-refractivity contribution < 1.29 is 19.0 Å². The normalized spacial score (nSPS) is 22.4. The van der Waals surface area contributed by atoms with Crippen molar-refractivity contribution in [3.8, 4) is 11.5 Å². The molecule has 1 aromatic carbocycles. The quantitative estimate of drug-likeness (QED) is 0.767. The average Bonchev–Trinajstić information content (AvgIpc) is 2.49. The lowest BCUT2D eigenvalue weighted by Crippen LogP contribution is -2.29. The van der Waals surface area contributed by atoms with Gasteiger partial charge in [-0.3, -0.25) is 4.79 Å². The molecule has 0 saturated heterocycles. The molecule has 0 heterocycles. The molecule has 0 aromatic heterocycles. The number of methoxy groups -OCH3 is 2. The Morgan fingerprint density at radius 3 is 2.65 bits per heavy atom. The van der Waals surface area contributed by atoms with Crippen LogP contribution in [-0.4, -0.2) is 32.7 Å². The molecular weight excluding hydrogens is 324 g/mol. The summed E-state index contributed by atoms with van der Waals surface area (Å²) in [6, 6.07) is 3.42. The monoisotopic (exact) mass is 342 g/mol. The molecule has 1 aromatic rings. The third kappa shape index (κ3) is 3.52. The largest absolute Gasteiger partial charge is 0.493 e. The van der Waals surface area contributed by atoms with Crippen molar-refractivity contribution >= 4 is 22.2 Å². The van der Waals surface area contributed by atoms with E-state index in [2.05, 4.69) is 15.9 Å². The summed E-state index contributed by atoms with van der Waals surface area (Å²) >= 11 is 3.44. The summed E-state index contributed by atoms with van der Waals surface area (Å²) in [6.07, 6.45) is 5.22. The second-order valence-electron chi connectivity index (χ2n) is 4.92. The highest BCUT2D eigenvalue weighted by Gasteiger charge is 2.25. The van der Waals surface area contributed by atoms with Crippen molar-refractivity contribution in [2.75, 3.05) is 14.2 Å². The molecule has 4 nitrogen and oxygen atoms in total. The number of carbonyl (C=O) groups is 1. The molecule has 2 rings (SSSR count). The van der Waals surface area contributed by atoms with Gasteiger partial charge in [0.1, 0.15) is 12.4 Å². The van der Waals surface area contributed by atoms with Crippen molar-refractivity contribution in [1.82, 2.24) is 0 Å². The first-order valence-corrected chi connectivity index (χ1v) is 7.49. The van der Waals surface area contributed by atoms with E-state index >= 15 is 0 Å². The van der Waals surface area contributed by atoms with Gasteiger partial charge in [-0.1, -0.05) is 0 Å². The Morgan fingerprint density at radius 2 is 2.00 bits per heavy atom. The fourth-order valence-corrected chi connectivity index (χ4v) is 3.07. The molecule has 0 N–H and O–H groups in total. The first-order valence-electron chi connectivity index (χ1n) is 6.70. The van der Waals surface area contributed by atoms with Gasteiger partial charge in [-0.05, 0) is 47.3 Å². The number of rotatable bonds is 5. The lowest BCUT2D eigenvalue weighted by Gasteiger charge is -2.29. The highest BCUT2D eigenvalue weighted by atomic mass is 79.9. The van der Waals surface area contributed by atoms with Gasteiger partial charge < -0.3 is 14.2 Å². The van der Waals surface area contributed by atoms with E-state index in [0.717, 1.165) is 36.4 Å². The lowest BCUT2D eigenvalue weighted by atomic mass is 9.95. The molecule has 0 bridgehead atoms. The fourth-order valence-electron chi connectivity index (χ4n) is 2.51. The van der Waals surface area contributed by atoms with Crippen molar-refractivity contribution in [2.24, 2.45) is 0 Å². The van der Waals surface area contributed by atoms with Crippen LogP contribution in [0, 0.1) is 0 Å². The third-order valence-corrected chi connectivity index (χ3v) is 4.17. The van der Waals surface area contributed by atoms with Crippen LogP contribution in [0.4, 0.5) is 0 Å². The molecule has 0 aliphatic heterocycles. The van der Waals surface area contributed by atoms with Crippen LogP contribution in [0.1, 0.15) is 36.0 Å². The number of hydrogen-bond donors (Lipinski definition) is 0. The predicted molar refractivity (Wildman–Crippen MR) is 79.8 cm³/mol. The SMILES string of the molecule is COc1cc(C=O)cc(Br)c1OC1CCCC(OC)C1. The molecule has 0 amide bonds. The number of hydrogen-bond acceptors (Lipinski definition) is 4. The Kier molecular flexibility index (Phi) is 5.43. The zero-order chi connectivity index (χ0) is 14.5. The van der Waals surface area contributed by atoms with Crippen molar-refractivity contribution in [3.05, 3.63) is 22.2 Å². The zero-order valence-corrected chi connectivity index (χ0v) is 13.3. The second-order valence-corrected chi connectivity index (χ2v) is 5.77. The van der Waals surface area contributed by atoms with Gasteiger partial charge in [0.15, 0.2) is 11.5 Å². The number of carbonyl (C=O) groups excluding carboxylic acids is 1. The maximum atomic E-state index is 10.9. The minimum Gasteiger partial charge on any atom is -0.493 e. The smallest absolute Gasteiger partial charge is 0.175 e. The van der Waals surface area contributed by atoms with Gasteiger partial charge in [0, 0.05) is 19.1 Å². The van der Waals surface area contributed by atoms with Crippen LogP contribution in [0.15, 0.2) is 16.6 Å². The summed E-state index contributed by atoms with van der Waals surface area (Å²) < 4.78 is 17.5. The van der Waals surface area contributed by atoms with Gasteiger partial charge in [-0.2, -0.15) is 0 Å². The first-order chi connectivity index (χ1) is 9.67. The van der Waals surface area contributed by atoms with Gasteiger partial charge in [0.05, 0.1) is 17.7 Å². The minimum atomic E-state index is 0.112. The third-order valence-electron chi connectivity index (χ3n) is 3.58. The molecule has 5 heteroatoms. The maximum absolute atomic E-state index is 10.9. The van der Waals surface area contributed by atoms with Crippen molar-refractivity contribution in [1.29, 1.82) is 0 Å². The van der Waals surface area contributed by atoms with Gasteiger partial charge >= 0.3 is 0 Å². The van der Waals surface area contributed by atoms with Gasteiger partial charge in [0.25, 0.3) is 0 Å². The van der Waals surface area contributed by atoms with E-state index in [0.29, 0.717) is 17.1 Å². The highest BCUT2D eigenvalue weighted by molar-refractivity contribution is 9.10. The molecule has 1 fully saturated rings. The molecule has 0 radical (unpaired) electrons. The minimum absolute atomic E-state index is 0.112. The molecule has 1 aliphatic carbocycles. The Labute approximate surface area is 127 Å². The van der Waals surface area contributed by atoms with Crippen molar-refractivity contribution in [3.63, 3.8) is 0 Å². The molecule has 20 heavy (non-hydrogen) atoms. The standard InChI is InChI=1S/C15H19BrO4/c1-18-11-4-3-5-12(8-11)20-15-13(16)6-10(9-17)7-14(15)19-2/h6-7,9,11-12H,3-5,8H2,1-2H3. The predicted octanol–water partition coefficient (Wildman–Crippen LogP) is 3.61. The molecule has 2 atom stereocenters. The Hall–Kier alpha value is -1.07. The first kappa shape index (κ1) is 15.3. The van der Waals surface area contributed by atoms with Crippen LogP contribution in [0.2, 0.25) is 0 Å². The van der Waals surface area contributed by atoms with Crippen LogP contribution in [-0.2, 0) is 4.74 Å². The van der Waals surface area contributed by atoms with Crippen LogP contribution in [0.25, 0.3) is 0 Å². The summed E-state index contributed by atoms with van der Waals surface area (Å²) in [5, 5.41) is 0. The summed E-state index contributed by atoms with van der Waals surface area (Å²) in [6.45, 7) is 0. The Bertz CT molecular complexity index is 475. The Morgan fingerprint density at radius 1 is 1.25 bits per heavy atom. The number of halogens is 1. The molecule has 2 unspecified atom stereocenters. The summed E-state index contributed by atoms with van der Waals surface area (Å²) in [5.74, 6) is 1.22. The topological polar surface area (TPSA) is 44.8 Å². The maximum Gasteiger partial charge on any atom is 0.175 e. The molecule has 1 aliphatic rings. The lowest BCUT2D eigenvalue weighted by molar-refractivity contribution is 0.0199. The average molecular weight is 343 g/mol. The van der Waals surface area contributed by atoms with Crippen LogP contribution in [0.5, 0.6) is 11.5 Å². The van der Waals surface area contributed by atoms with Crippen LogP contribution in [0.3, 0.4) is 0 Å². The number of ether oxygens (including phenoxy) is 3. The van der Waals surface area contributed by atoms with E-state index in [4.69, 9.17) is 14.2 Å². The Balaban J connectivity index is 2.17. The molecular formula is C15H19BrO4. The zero-order valence-electron chi connectivity index (χ0n) is 11.7. The highest BCUT2D eigenvalue weighted by Crippen LogP contribution is 2.38. The molecule has 1 saturated carbocycles. The van der Waals surface area contributed by atoms with Gasteiger partial charge in [-0.25, -0.2) is 0 Å². The van der Waals surface area contributed by atoms with E-state index in [1.807, 2.05) is 0 Å². The van der Waals surface area contributed by atoms with Crippen LogP contribution < -0.4 is 9.47 Å². The summed E-state index contributed by atoms with van der Waals surface area (Å²) in [7, 11) is 3.31. The molecule has 0 spiro atoms. The summed E-state index contributed by atoms with van der Waals surface area (Å²) in [4.78, 5) is 10.9. The van der Waals surface area contributed by atoms with Gasteiger partial charge in [0.2, 0.25) is 0 Å². The van der Waals surface area contributed by atoms with E-state index in [1.54, 1.807) is 26.4 Å². The van der Waals surface area contributed by atoms with Crippen molar-refractivity contribution in [2.45, 2.75) is 37.9 Å². The van der Waals surface area contributed by atoms with E-state index in [-0.39, 0.29) is 12.2 Å². The number of aldehydes is 1. The molecule has 110 valence electrons. The summed E-state index contributed by atoms with van der Waals surface area (Å²) in [5.41, 5.74) is 0.555. The second kappa shape index (κ2) is 7.09. The van der Waals surface area contributed by atoms with Crippen LogP contribution >= 0.6 is 15.9 Å². The van der Waals surface area contributed by atoms with E-state index in [9.17, 15) is 4.79 Å². The fraction of sp³-hybridized carbons (Fsp3) is 0.533. The number of benzene rings is 1. The van der Waals surface area contributed by atoms with Gasteiger partial charge in [-0.15, -0.1) is 0 Å².